The minimum atomic E-state index is -0.398. The number of nitro groups is 1. The van der Waals surface area contributed by atoms with Crippen molar-refractivity contribution in [2.75, 3.05) is 11.9 Å². The molecule has 0 amide bonds. The van der Waals surface area contributed by atoms with Crippen LogP contribution in [-0.2, 0) is 0 Å². The first-order valence-corrected chi connectivity index (χ1v) is 5.29. The van der Waals surface area contributed by atoms with Crippen LogP contribution >= 0.6 is 0 Å². The van der Waals surface area contributed by atoms with Gasteiger partial charge in [-0.2, -0.15) is 0 Å². The maximum atomic E-state index is 10.6. The van der Waals surface area contributed by atoms with Crippen LogP contribution in [0.1, 0.15) is 18.9 Å². The first-order chi connectivity index (χ1) is 7.54. The van der Waals surface area contributed by atoms with Gasteiger partial charge in [-0.25, -0.2) is 0 Å². The van der Waals surface area contributed by atoms with Crippen LogP contribution in [0.2, 0.25) is 0 Å². The van der Waals surface area contributed by atoms with Crippen LogP contribution in [0.5, 0.6) is 0 Å². The van der Waals surface area contributed by atoms with Gasteiger partial charge in [-0.05, 0) is 18.9 Å². The van der Waals surface area contributed by atoms with Crippen LogP contribution in [0.25, 0.3) is 0 Å². The standard InChI is InChI=1S/C11H17N3O2/c1-3-9(12)7-13-11-6-10(14(15)16)5-4-8(11)2/h4-6,9,13H,3,7,12H2,1-2H3. The number of nitrogens with one attached hydrogen (secondary N) is 1. The van der Waals surface area contributed by atoms with Gasteiger partial charge in [0.25, 0.3) is 5.69 Å². The summed E-state index contributed by atoms with van der Waals surface area (Å²) in [7, 11) is 0. The molecule has 0 aliphatic carbocycles. The lowest BCUT2D eigenvalue weighted by Crippen LogP contribution is -2.28. The molecular formula is C11H17N3O2. The second-order valence-corrected chi connectivity index (χ2v) is 3.81. The summed E-state index contributed by atoms with van der Waals surface area (Å²) in [5.41, 5.74) is 7.62. The van der Waals surface area contributed by atoms with Gasteiger partial charge in [-0.3, -0.25) is 10.1 Å². The smallest absolute Gasteiger partial charge is 0.271 e. The molecule has 0 saturated carbocycles. The highest BCUT2D eigenvalue weighted by Gasteiger charge is 2.08. The number of anilines is 1. The molecule has 0 aliphatic rings. The van der Waals surface area contributed by atoms with Crippen molar-refractivity contribution in [3.05, 3.63) is 33.9 Å². The Labute approximate surface area is 94.8 Å². The Bertz CT molecular complexity index is 379. The third kappa shape index (κ3) is 3.20. The lowest BCUT2D eigenvalue weighted by molar-refractivity contribution is -0.384. The lowest BCUT2D eigenvalue weighted by Gasteiger charge is -2.13. The van der Waals surface area contributed by atoms with E-state index >= 15 is 0 Å². The number of benzene rings is 1. The molecule has 1 rings (SSSR count). The molecule has 1 unspecified atom stereocenters. The molecule has 88 valence electrons. The van der Waals surface area contributed by atoms with Crippen LogP contribution in [0.3, 0.4) is 0 Å². The molecule has 0 fully saturated rings. The number of non-ortho nitro benzene ring substituents is 1. The second kappa shape index (κ2) is 5.46. The molecule has 1 aromatic rings. The summed E-state index contributed by atoms with van der Waals surface area (Å²) in [6.07, 6.45) is 0.876. The van der Waals surface area contributed by atoms with Gasteiger partial charge in [-0.1, -0.05) is 13.0 Å². The maximum Gasteiger partial charge on any atom is 0.271 e. The van der Waals surface area contributed by atoms with Crippen molar-refractivity contribution in [1.29, 1.82) is 0 Å². The van der Waals surface area contributed by atoms with Gasteiger partial charge >= 0.3 is 0 Å². The summed E-state index contributed by atoms with van der Waals surface area (Å²) in [6.45, 7) is 4.54. The summed E-state index contributed by atoms with van der Waals surface area (Å²) in [5, 5.41) is 13.7. The normalized spacial score (nSPS) is 12.2. The van der Waals surface area contributed by atoms with E-state index in [1.165, 1.54) is 12.1 Å². The molecule has 0 bridgehead atoms. The number of nitrogens with two attached hydrogens (primary N) is 1. The Kier molecular flexibility index (Phi) is 4.25. The third-order valence-corrected chi connectivity index (χ3v) is 2.51. The van der Waals surface area contributed by atoms with Crippen molar-refractivity contribution >= 4 is 11.4 Å². The monoisotopic (exact) mass is 223 g/mol. The van der Waals surface area contributed by atoms with Crippen molar-refractivity contribution in [2.24, 2.45) is 5.73 Å². The van der Waals surface area contributed by atoms with Crippen molar-refractivity contribution in [1.82, 2.24) is 0 Å². The van der Waals surface area contributed by atoms with Gasteiger partial charge < -0.3 is 11.1 Å². The van der Waals surface area contributed by atoms with Crippen LogP contribution in [0, 0.1) is 17.0 Å². The van der Waals surface area contributed by atoms with E-state index in [4.69, 9.17) is 5.73 Å². The fourth-order valence-corrected chi connectivity index (χ4v) is 1.30. The Morgan fingerprint density at radius 1 is 1.56 bits per heavy atom. The summed E-state index contributed by atoms with van der Waals surface area (Å²) in [4.78, 5) is 10.2. The van der Waals surface area contributed by atoms with E-state index in [1.54, 1.807) is 6.07 Å². The predicted octanol–water partition coefficient (Wildman–Crippen LogP) is 2.05. The average Bonchev–Trinajstić information content (AvgIpc) is 2.27. The van der Waals surface area contributed by atoms with Crippen molar-refractivity contribution < 1.29 is 4.92 Å². The van der Waals surface area contributed by atoms with E-state index < -0.39 is 4.92 Å². The highest BCUT2D eigenvalue weighted by molar-refractivity contribution is 5.56. The summed E-state index contributed by atoms with van der Waals surface area (Å²) < 4.78 is 0. The molecular weight excluding hydrogens is 206 g/mol. The van der Waals surface area contributed by atoms with Crippen LogP contribution < -0.4 is 11.1 Å². The molecule has 5 nitrogen and oxygen atoms in total. The van der Waals surface area contributed by atoms with Crippen molar-refractivity contribution in [3.63, 3.8) is 0 Å². The van der Waals surface area contributed by atoms with Gasteiger partial charge in [0.1, 0.15) is 0 Å². The summed E-state index contributed by atoms with van der Waals surface area (Å²) >= 11 is 0. The van der Waals surface area contributed by atoms with Crippen LogP contribution in [0.15, 0.2) is 18.2 Å². The van der Waals surface area contributed by atoms with Crippen molar-refractivity contribution in [3.8, 4) is 0 Å². The van der Waals surface area contributed by atoms with Crippen LogP contribution in [0.4, 0.5) is 11.4 Å². The van der Waals surface area contributed by atoms with E-state index in [-0.39, 0.29) is 11.7 Å². The van der Waals surface area contributed by atoms with E-state index in [1.807, 2.05) is 13.8 Å². The predicted molar refractivity (Wildman–Crippen MR) is 64.6 cm³/mol. The molecule has 16 heavy (non-hydrogen) atoms. The Morgan fingerprint density at radius 3 is 2.81 bits per heavy atom. The highest BCUT2D eigenvalue weighted by atomic mass is 16.6. The lowest BCUT2D eigenvalue weighted by atomic mass is 10.1. The number of rotatable bonds is 5. The van der Waals surface area contributed by atoms with Gasteiger partial charge in [0.05, 0.1) is 4.92 Å². The Balaban J connectivity index is 2.78. The third-order valence-electron chi connectivity index (χ3n) is 2.51. The van der Waals surface area contributed by atoms with Gasteiger partial charge in [0.2, 0.25) is 0 Å². The van der Waals surface area contributed by atoms with E-state index in [0.29, 0.717) is 6.54 Å². The summed E-state index contributed by atoms with van der Waals surface area (Å²) in [5.74, 6) is 0. The summed E-state index contributed by atoms with van der Waals surface area (Å²) in [6, 6.07) is 4.84. The van der Waals surface area contributed by atoms with E-state index in [9.17, 15) is 10.1 Å². The molecule has 0 saturated heterocycles. The number of hydrogen-bond acceptors (Lipinski definition) is 4. The Hall–Kier alpha value is -1.62. The van der Waals surface area contributed by atoms with Crippen LogP contribution in [-0.4, -0.2) is 17.5 Å². The zero-order valence-electron chi connectivity index (χ0n) is 9.56. The zero-order chi connectivity index (χ0) is 12.1. The molecule has 1 aromatic carbocycles. The quantitative estimate of drug-likeness (QED) is 0.591. The SMILES string of the molecule is CCC(N)CNc1cc([N+](=O)[O-])ccc1C. The topological polar surface area (TPSA) is 81.2 Å². The van der Waals surface area contributed by atoms with E-state index in [2.05, 4.69) is 5.32 Å². The minimum absolute atomic E-state index is 0.0682. The molecule has 5 heteroatoms. The highest BCUT2D eigenvalue weighted by Crippen LogP contribution is 2.21. The number of nitro benzene ring substituents is 1. The average molecular weight is 223 g/mol. The van der Waals surface area contributed by atoms with Gasteiger partial charge in [0, 0.05) is 30.4 Å². The molecule has 1 atom stereocenters. The molecule has 0 aromatic heterocycles. The molecule has 3 N–H and O–H groups in total. The molecule has 0 radical (unpaired) electrons. The molecule has 0 spiro atoms. The fraction of sp³-hybridized carbons (Fsp3) is 0.455. The number of nitrogens with zero attached hydrogens (tertiary/aromatic N) is 1. The van der Waals surface area contributed by atoms with Crippen molar-refractivity contribution in [2.45, 2.75) is 26.3 Å². The maximum absolute atomic E-state index is 10.6. The second-order valence-electron chi connectivity index (χ2n) is 3.81. The largest absolute Gasteiger partial charge is 0.383 e. The van der Waals surface area contributed by atoms with Gasteiger partial charge in [0.15, 0.2) is 0 Å². The molecule has 0 aliphatic heterocycles. The number of aryl methyl sites for hydroxylation is 1. The minimum Gasteiger partial charge on any atom is -0.383 e. The fourth-order valence-electron chi connectivity index (χ4n) is 1.30. The first-order valence-electron chi connectivity index (χ1n) is 5.29. The molecule has 0 heterocycles. The number of hydrogen-bond donors (Lipinski definition) is 2. The van der Waals surface area contributed by atoms with E-state index in [0.717, 1.165) is 17.7 Å². The zero-order valence-corrected chi connectivity index (χ0v) is 9.56. The Morgan fingerprint density at radius 2 is 2.25 bits per heavy atom. The van der Waals surface area contributed by atoms with Gasteiger partial charge in [-0.15, -0.1) is 0 Å². The first kappa shape index (κ1) is 12.4.